The number of hydrogen-bond acceptors (Lipinski definition) is 2. The van der Waals surface area contributed by atoms with Crippen LogP contribution in [0.3, 0.4) is 0 Å². The number of likely N-dealkylation sites (tertiary alicyclic amines) is 1. The second kappa shape index (κ2) is 7.49. The Morgan fingerprint density at radius 2 is 2.00 bits per heavy atom. The van der Waals surface area contributed by atoms with Crippen molar-refractivity contribution in [1.29, 1.82) is 0 Å². The molecule has 1 aliphatic rings. The monoisotopic (exact) mass is 254 g/mol. The normalized spacial score (nSPS) is 24.8. The Labute approximate surface area is 115 Å². The number of nitrogens with zero attached hydrogens (tertiary/aromatic N) is 1. The summed E-state index contributed by atoms with van der Waals surface area (Å²) in [6.45, 7) is 13.3. The summed E-state index contributed by atoms with van der Waals surface area (Å²) in [7, 11) is 2.08. The SMILES string of the molecule is CCCC1CCCN(CC(C)(C)C(C)NC)CC1. The van der Waals surface area contributed by atoms with E-state index in [0.717, 1.165) is 5.92 Å². The van der Waals surface area contributed by atoms with E-state index in [-0.39, 0.29) is 0 Å². The van der Waals surface area contributed by atoms with Crippen molar-refractivity contribution < 1.29 is 0 Å². The van der Waals surface area contributed by atoms with Crippen LogP contribution in [0, 0.1) is 11.3 Å². The second-order valence-corrected chi connectivity index (χ2v) is 6.86. The molecule has 0 spiro atoms. The van der Waals surface area contributed by atoms with Crippen LogP contribution in [0.4, 0.5) is 0 Å². The average Bonchev–Trinajstić information content (AvgIpc) is 2.54. The lowest BCUT2D eigenvalue weighted by molar-refractivity contribution is 0.148. The smallest absolute Gasteiger partial charge is 0.00991 e. The molecule has 1 N–H and O–H groups in total. The molecular formula is C16H34N2. The predicted octanol–water partition coefficient (Wildman–Crippen LogP) is 3.52. The topological polar surface area (TPSA) is 15.3 Å². The minimum Gasteiger partial charge on any atom is -0.317 e. The largest absolute Gasteiger partial charge is 0.317 e. The first-order valence-corrected chi connectivity index (χ1v) is 7.89. The number of nitrogens with one attached hydrogen (secondary N) is 1. The Bertz CT molecular complexity index is 225. The van der Waals surface area contributed by atoms with Crippen LogP contribution in [0.2, 0.25) is 0 Å². The highest BCUT2D eigenvalue weighted by Gasteiger charge is 2.28. The standard InChI is InChI=1S/C16H34N2/c1-6-8-15-9-7-11-18(12-10-15)13-16(3,4)14(2)17-5/h14-15,17H,6-13H2,1-5H3. The van der Waals surface area contributed by atoms with Crippen molar-refractivity contribution >= 4 is 0 Å². The number of rotatable bonds is 6. The van der Waals surface area contributed by atoms with Gasteiger partial charge >= 0.3 is 0 Å². The Balaban J connectivity index is 2.43. The van der Waals surface area contributed by atoms with E-state index in [1.807, 2.05) is 0 Å². The maximum Gasteiger partial charge on any atom is 0.00991 e. The first kappa shape index (κ1) is 16.0. The van der Waals surface area contributed by atoms with E-state index < -0.39 is 0 Å². The van der Waals surface area contributed by atoms with Crippen molar-refractivity contribution in [2.75, 3.05) is 26.7 Å². The summed E-state index contributed by atoms with van der Waals surface area (Å²) in [5, 5.41) is 3.41. The summed E-state index contributed by atoms with van der Waals surface area (Å²) in [6.07, 6.45) is 7.05. The number of hydrogen-bond donors (Lipinski definition) is 1. The summed E-state index contributed by atoms with van der Waals surface area (Å²) in [6, 6.07) is 0.576. The van der Waals surface area contributed by atoms with E-state index >= 15 is 0 Å². The minimum absolute atomic E-state index is 0.360. The van der Waals surface area contributed by atoms with E-state index in [2.05, 4.69) is 45.0 Å². The molecule has 0 radical (unpaired) electrons. The van der Waals surface area contributed by atoms with Gasteiger partial charge in [0.05, 0.1) is 0 Å². The van der Waals surface area contributed by atoms with Crippen LogP contribution in [-0.4, -0.2) is 37.6 Å². The van der Waals surface area contributed by atoms with Gasteiger partial charge < -0.3 is 10.2 Å². The average molecular weight is 254 g/mol. The van der Waals surface area contributed by atoms with Gasteiger partial charge in [0, 0.05) is 12.6 Å². The first-order valence-electron chi connectivity index (χ1n) is 7.89. The third-order valence-electron chi connectivity index (χ3n) is 4.87. The Kier molecular flexibility index (Phi) is 6.65. The van der Waals surface area contributed by atoms with E-state index in [1.54, 1.807) is 0 Å². The van der Waals surface area contributed by atoms with Crippen molar-refractivity contribution in [3.05, 3.63) is 0 Å². The maximum atomic E-state index is 3.41. The van der Waals surface area contributed by atoms with Gasteiger partial charge in [0.25, 0.3) is 0 Å². The highest BCUT2D eigenvalue weighted by molar-refractivity contribution is 4.84. The van der Waals surface area contributed by atoms with Crippen LogP contribution in [0.1, 0.15) is 59.8 Å². The molecule has 18 heavy (non-hydrogen) atoms. The Hall–Kier alpha value is -0.0800. The molecular weight excluding hydrogens is 220 g/mol. The van der Waals surface area contributed by atoms with E-state index in [0.29, 0.717) is 11.5 Å². The van der Waals surface area contributed by atoms with Crippen LogP contribution in [0.5, 0.6) is 0 Å². The Morgan fingerprint density at radius 1 is 1.28 bits per heavy atom. The van der Waals surface area contributed by atoms with Crippen LogP contribution in [0.25, 0.3) is 0 Å². The molecule has 0 aromatic rings. The zero-order chi connectivity index (χ0) is 13.6. The lowest BCUT2D eigenvalue weighted by Crippen LogP contribution is -2.45. The van der Waals surface area contributed by atoms with E-state index in [9.17, 15) is 0 Å². The maximum absolute atomic E-state index is 3.41. The van der Waals surface area contributed by atoms with Gasteiger partial charge in [-0.25, -0.2) is 0 Å². The fraction of sp³-hybridized carbons (Fsp3) is 1.00. The van der Waals surface area contributed by atoms with Gasteiger partial charge in [-0.2, -0.15) is 0 Å². The van der Waals surface area contributed by atoms with Gasteiger partial charge in [-0.3, -0.25) is 0 Å². The minimum atomic E-state index is 0.360. The molecule has 2 unspecified atom stereocenters. The highest BCUT2D eigenvalue weighted by atomic mass is 15.1. The Morgan fingerprint density at radius 3 is 2.61 bits per heavy atom. The van der Waals surface area contributed by atoms with Crippen LogP contribution >= 0.6 is 0 Å². The summed E-state index contributed by atoms with van der Waals surface area (Å²) in [5.41, 5.74) is 0.360. The summed E-state index contributed by atoms with van der Waals surface area (Å²) in [4.78, 5) is 2.70. The fourth-order valence-electron chi connectivity index (χ4n) is 3.18. The lowest BCUT2D eigenvalue weighted by atomic mass is 9.85. The van der Waals surface area contributed by atoms with Crippen LogP contribution in [0.15, 0.2) is 0 Å². The molecule has 1 rings (SSSR count). The van der Waals surface area contributed by atoms with Gasteiger partial charge in [-0.05, 0) is 57.7 Å². The summed E-state index contributed by atoms with van der Waals surface area (Å²) in [5.74, 6) is 0.991. The van der Waals surface area contributed by atoms with Gasteiger partial charge in [0.15, 0.2) is 0 Å². The van der Waals surface area contributed by atoms with Gasteiger partial charge in [-0.1, -0.05) is 33.6 Å². The quantitative estimate of drug-likeness (QED) is 0.780. The van der Waals surface area contributed by atoms with E-state index in [4.69, 9.17) is 0 Å². The molecule has 0 saturated carbocycles. The van der Waals surface area contributed by atoms with Crippen LogP contribution in [-0.2, 0) is 0 Å². The molecule has 1 fully saturated rings. The van der Waals surface area contributed by atoms with Gasteiger partial charge in [0.2, 0.25) is 0 Å². The zero-order valence-corrected chi connectivity index (χ0v) is 13.3. The van der Waals surface area contributed by atoms with Crippen LogP contribution < -0.4 is 5.32 Å². The molecule has 1 aliphatic heterocycles. The predicted molar refractivity (Wildman–Crippen MR) is 81.0 cm³/mol. The second-order valence-electron chi connectivity index (χ2n) is 6.86. The molecule has 0 amide bonds. The molecule has 2 nitrogen and oxygen atoms in total. The third-order valence-corrected chi connectivity index (χ3v) is 4.87. The molecule has 2 heteroatoms. The summed E-state index contributed by atoms with van der Waals surface area (Å²) < 4.78 is 0. The molecule has 2 atom stereocenters. The van der Waals surface area contributed by atoms with Crippen molar-refractivity contribution in [3.8, 4) is 0 Å². The van der Waals surface area contributed by atoms with Gasteiger partial charge in [0.1, 0.15) is 0 Å². The molecule has 0 aliphatic carbocycles. The van der Waals surface area contributed by atoms with Crippen molar-refractivity contribution in [2.45, 2.75) is 65.8 Å². The molecule has 0 aromatic carbocycles. The third kappa shape index (κ3) is 4.89. The lowest BCUT2D eigenvalue weighted by Gasteiger charge is -2.36. The summed E-state index contributed by atoms with van der Waals surface area (Å²) >= 11 is 0. The molecule has 0 bridgehead atoms. The molecule has 0 aromatic heterocycles. The zero-order valence-electron chi connectivity index (χ0n) is 13.3. The van der Waals surface area contributed by atoms with Crippen molar-refractivity contribution in [1.82, 2.24) is 10.2 Å². The molecule has 1 heterocycles. The van der Waals surface area contributed by atoms with Crippen molar-refractivity contribution in [2.24, 2.45) is 11.3 Å². The van der Waals surface area contributed by atoms with E-state index in [1.165, 1.54) is 51.7 Å². The van der Waals surface area contributed by atoms with Crippen molar-refractivity contribution in [3.63, 3.8) is 0 Å². The molecule has 1 saturated heterocycles. The fourth-order valence-corrected chi connectivity index (χ4v) is 3.18. The first-order chi connectivity index (χ1) is 8.49. The molecule has 108 valence electrons. The highest BCUT2D eigenvalue weighted by Crippen LogP contribution is 2.26. The van der Waals surface area contributed by atoms with Gasteiger partial charge in [-0.15, -0.1) is 0 Å².